The van der Waals surface area contributed by atoms with Crippen LogP contribution in [-0.4, -0.2) is 43.9 Å². The largest absolute Gasteiger partial charge is 0.481 e. The van der Waals surface area contributed by atoms with E-state index in [2.05, 4.69) is 5.32 Å². The summed E-state index contributed by atoms with van der Waals surface area (Å²) in [6.07, 6.45) is 0.684. The number of thiophene rings is 1. The molecule has 0 radical (unpaired) electrons. The Labute approximate surface area is 153 Å². The Kier molecular flexibility index (Phi) is 5.55. The SMILES string of the molecule is COCc1c(C(=O)NCC2(C(=O)O)CCOCC2)sc2cccc(F)c12. The molecule has 0 spiro atoms. The van der Waals surface area contributed by atoms with Crippen molar-refractivity contribution < 1.29 is 28.6 Å². The fourth-order valence-electron chi connectivity index (χ4n) is 3.19. The molecule has 0 aliphatic carbocycles. The van der Waals surface area contributed by atoms with Crippen molar-refractivity contribution in [3.63, 3.8) is 0 Å². The number of carbonyl (C=O) groups excluding carboxylic acids is 1. The lowest BCUT2D eigenvalue weighted by atomic mass is 9.80. The molecule has 1 amide bonds. The molecule has 2 aromatic rings. The predicted molar refractivity (Wildman–Crippen MR) is 95.0 cm³/mol. The van der Waals surface area contributed by atoms with Crippen LogP contribution in [0, 0.1) is 11.2 Å². The van der Waals surface area contributed by atoms with Gasteiger partial charge in [-0.2, -0.15) is 0 Å². The number of carboxylic acid groups (broad SMARTS) is 1. The van der Waals surface area contributed by atoms with Crippen LogP contribution in [0.3, 0.4) is 0 Å². The monoisotopic (exact) mass is 381 g/mol. The zero-order chi connectivity index (χ0) is 18.7. The van der Waals surface area contributed by atoms with E-state index in [9.17, 15) is 19.1 Å². The van der Waals surface area contributed by atoms with Gasteiger partial charge in [-0.05, 0) is 25.0 Å². The van der Waals surface area contributed by atoms with Crippen LogP contribution in [0.15, 0.2) is 18.2 Å². The lowest BCUT2D eigenvalue weighted by molar-refractivity contribution is -0.154. The molecule has 140 valence electrons. The number of methoxy groups -OCH3 is 1. The number of aliphatic carboxylic acids is 1. The number of ether oxygens (including phenoxy) is 2. The number of halogens is 1. The number of amides is 1. The van der Waals surface area contributed by atoms with E-state index >= 15 is 0 Å². The van der Waals surface area contributed by atoms with E-state index in [-0.39, 0.29) is 13.2 Å². The molecule has 1 fully saturated rings. The molecular formula is C18H20FNO5S. The molecule has 1 aliphatic rings. The van der Waals surface area contributed by atoms with Gasteiger partial charge in [0.25, 0.3) is 5.91 Å². The van der Waals surface area contributed by atoms with Crippen molar-refractivity contribution in [2.75, 3.05) is 26.9 Å². The van der Waals surface area contributed by atoms with Gasteiger partial charge in [-0.3, -0.25) is 9.59 Å². The molecule has 1 aliphatic heterocycles. The van der Waals surface area contributed by atoms with Crippen LogP contribution >= 0.6 is 11.3 Å². The van der Waals surface area contributed by atoms with Gasteiger partial charge < -0.3 is 19.9 Å². The molecule has 0 atom stereocenters. The summed E-state index contributed by atoms with van der Waals surface area (Å²) in [5.41, 5.74) is -0.545. The summed E-state index contributed by atoms with van der Waals surface area (Å²) in [5, 5.41) is 12.7. The Bertz CT molecular complexity index is 828. The number of fused-ring (bicyclic) bond motifs is 1. The Morgan fingerprint density at radius 2 is 2.12 bits per heavy atom. The van der Waals surface area contributed by atoms with Crippen LogP contribution in [0.4, 0.5) is 4.39 Å². The summed E-state index contributed by atoms with van der Waals surface area (Å²) in [5.74, 6) is -1.76. The number of hydrogen-bond acceptors (Lipinski definition) is 5. The first kappa shape index (κ1) is 18.8. The smallest absolute Gasteiger partial charge is 0.311 e. The molecule has 26 heavy (non-hydrogen) atoms. The van der Waals surface area contributed by atoms with Crippen molar-refractivity contribution in [2.45, 2.75) is 19.4 Å². The molecule has 8 heteroatoms. The Morgan fingerprint density at radius 1 is 1.38 bits per heavy atom. The molecule has 1 aromatic carbocycles. The average molecular weight is 381 g/mol. The molecule has 1 saturated heterocycles. The van der Waals surface area contributed by atoms with Crippen molar-refractivity contribution in [3.8, 4) is 0 Å². The van der Waals surface area contributed by atoms with Crippen molar-refractivity contribution in [2.24, 2.45) is 5.41 Å². The Balaban J connectivity index is 1.86. The molecular weight excluding hydrogens is 361 g/mol. The average Bonchev–Trinajstić information content (AvgIpc) is 3.01. The van der Waals surface area contributed by atoms with Gasteiger partial charge in [-0.25, -0.2) is 4.39 Å². The Hall–Kier alpha value is -2.03. The van der Waals surface area contributed by atoms with Crippen LogP contribution in [0.1, 0.15) is 28.1 Å². The molecule has 0 unspecified atom stereocenters. The van der Waals surface area contributed by atoms with Gasteiger partial charge in [0.15, 0.2) is 0 Å². The molecule has 2 heterocycles. The van der Waals surface area contributed by atoms with E-state index in [0.29, 0.717) is 46.6 Å². The lowest BCUT2D eigenvalue weighted by Gasteiger charge is -2.33. The van der Waals surface area contributed by atoms with Crippen molar-refractivity contribution >= 4 is 33.3 Å². The normalized spacial score (nSPS) is 16.5. The van der Waals surface area contributed by atoms with Gasteiger partial charge in [0.1, 0.15) is 5.82 Å². The summed E-state index contributed by atoms with van der Waals surface area (Å²) >= 11 is 1.18. The van der Waals surface area contributed by atoms with Crippen LogP contribution in [0.5, 0.6) is 0 Å². The highest BCUT2D eigenvalue weighted by atomic mass is 32.1. The third-order valence-corrected chi connectivity index (χ3v) is 5.95. The zero-order valence-corrected chi connectivity index (χ0v) is 15.2. The maximum absolute atomic E-state index is 14.2. The lowest BCUT2D eigenvalue weighted by Crippen LogP contribution is -2.46. The van der Waals surface area contributed by atoms with E-state index in [1.165, 1.54) is 24.5 Å². The van der Waals surface area contributed by atoms with Crippen LogP contribution in [-0.2, 0) is 20.9 Å². The number of benzene rings is 1. The number of nitrogens with one attached hydrogen (secondary N) is 1. The predicted octanol–water partition coefficient (Wildman–Crippen LogP) is 2.80. The third-order valence-electron chi connectivity index (χ3n) is 4.75. The number of carboxylic acids is 1. The molecule has 6 nitrogen and oxygen atoms in total. The first-order valence-electron chi connectivity index (χ1n) is 8.27. The van der Waals surface area contributed by atoms with E-state index < -0.39 is 23.1 Å². The zero-order valence-electron chi connectivity index (χ0n) is 14.3. The minimum absolute atomic E-state index is 0.00762. The van der Waals surface area contributed by atoms with Crippen molar-refractivity contribution in [1.29, 1.82) is 0 Å². The molecule has 0 bridgehead atoms. The van der Waals surface area contributed by atoms with E-state index in [1.807, 2.05) is 0 Å². The van der Waals surface area contributed by atoms with Crippen LogP contribution in [0.2, 0.25) is 0 Å². The van der Waals surface area contributed by atoms with Gasteiger partial charge in [-0.1, -0.05) is 6.07 Å². The van der Waals surface area contributed by atoms with Gasteiger partial charge in [0, 0.05) is 42.5 Å². The summed E-state index contributed by atoms with van der Waals surface area (Å²) < 4.78 is 25.3. The van der Waals surface area contributed by atoms with Crippen LogP contribution in [0.25, 0.3) is 10.1 Å². The second-order valence-electron chi connectivity index (χ2n) is 6.34. The van der Waals surface area contributed by atoms with Gasteiger partial charge in [0.2, 0.25) is 0 Å². The maximum Gasteiger partial charge on any atom is 0.311 e. The topological polar surface area (TPSA) is 84.9 Å². The van der Waals surface area contributed by atoms with Crippen LogP contribution < -0.4 is 5.32 Å². The fraction of sp³-hybridized carbons (Fsp3) is 0.444. The standard InChI is InChI=1S/C18H20FNO5S/c1-24-9-11-14-12(19)3-2-4-13(14)26-15(11)16(21)20-10-18(17(22)23)5-7-25-8-6-18/h2-4H,5-10H2,1H3,(H,20,21)(H,22,23). The molecule has 0 saturated carbocycles. The first-order chi connectivity index (χ1) is 12.5. The highest BCUT2D eigenvalue weighted by Crippen LogP contribution is 2.34. The second-order valence-corrected chi connectivity index (χ2v) is 7.39. The molecule has 1 aromatic heterocycles. The quantitative estimate of drug-likeness (QED) is 0.804. The van der Waals surface area contributed by atoms with E-state index in [0.717, 1.165) is 0 Å². The summed E-state index contributed by atoms with van der Waals surface area (Å²) in [7, 11) is 1.48. The van der Waals surface area contributed by atoms with E-state index in [4.69, 9.17) is 9.47 Å². The number of carbonyl (C=O) groups is 2. The van der Waals surface area contributed by atoms with E-state index in [1.54, 1.807) is 12.1 Å². The maximum atomic E-state index is 14.2. The number of hydrogen-bond donors (Lipinski definition) is 2. The van der Waals surface area contributed by atoms with Gasteiger partial charge in [-0.15, -0.1) is 11.3 Å². The molecule has 3 rings (SSSR count). The summed E-state index contributed by atoms with van der Waals surface area (Å²) in [4.78, 5) is 24.8. The Morgan fingerprint density at radius 3 is 2.77 bits per heavy atom. The first-order valence-corrected chi connectivity index (χ1v) is 9.08. The minimum Gasteiger partial charge on any atom is -0.481 e. The van der Waals surface area contributed by atoms with Gasteiger partial charge >= 0.3 is 5.97 Å². The third kappa shape index (κ3) is 3.44. The summed E-state index contributed by atoms with van der Waals surface area (Å²) in [6, 6.07) is 4.68. The highest BCUT2D eigenvalue weighted by molar-refractivity contribution is 7.21. The summed E-state index contributed by atoms with van der Waals surface area (Å²) in [6.45, 7) is 0.811. The van der Waals surface area contributed by atoms with Crippen molar-refractivity contribution in [1.82, 2.24) is 5.32 Å². The second kappa shape index (κ2) is 7.69. The highest BCUT2D eigenvalue weighted by Gasteiger charge is 2.40. The minimum atomic E-state index is -1.03. The van der Waals surface area contributed by atoms with Gasteiger partial charge in [0.05, 0.1) is 16.9 Å². The number of rotatable bonds is 6. The van der Waals surface area contributed by atoms with Crippen molar-refractivity contribution in [3.05, 3.63) is 34.5 Å². The molecule has 2 N–H and O–H groups in total. The fourth-order valence-corrected chi connectivity index (χ4v) is 4.33.